The van der Waals surface area contributed by atoms with Gasteiger partial charge in [0.1, 0.15) is 13.2 Å². The molecule has 456 valence electrons. The highest BCUT2D eigenvalue weighted by atomic mass is 16.6. The molecule has 0 fully saturated rings. The summed E-state index contributed by atoms with van der Waals surface area (Å²) in [6, 6.07) is 0. The molecule has 0 heterocycles. The first kappa shape index (κ1) is 76.5. The van der Waals surface area contributed by atoms with Gasteiger partial charge in [0.15, 0.2) is 6.10 Å². The molecule has 1 unspecified atom stereocenters. The Hall–Kier alpha value is -6.53. The van der Waals surface area contributed by atoms with Crippen LogP contribution in [-0.2, 0) is 28.6 Å². The largest absolute Gasteiger partial charge is 0.462 e. The molecule has 83 heavy (non-hydrogen) atoms. The molecule has 0 bridgehead atoms. The fourth-order valence-electron chi connectivity index (χ4n) is 7.52. The maximum atomic E-state index is 12.9. The zero-order valence-corrected chi connectivity index (χ0v) is 52.1. The monoisotopic (exact) mass is 1130 g/mol. The van der Waals surface area contributed by atoms with Crippen LogP contribution in [0.15, 0.2) is 231 Å². The quantitative estimate of drug-likeness (QED) is 0.0261. The van der Waals surface area contributed by atoms with Crippen molar-refractivity contribution in [1.29, 1.82) is 0 Å². The Balaban J connectivity index is 4.58. The van der Waals surface area contributed by atoms with Crippen LogP contribution in [0.25, 0.3) is 0 Å². The number of unbranched alkanes of at least 4 members (excludes halogenated alkanes) is 5. The highest BCUT2D eigenvalue weighted by Crippen LogP contribution is 2.10. The molecule has 0 aliphatic carbocycles. The molecule has 0 rings (SSSR count). The van der Waals surface area contributed by atoms with Crippen molar-refractivity contribution in [3.8, 4) is 0 Å². The van der Waals surface area contributed by atoms with Gasteiger partial charge in [0.05, 0.1) is 0 Å². The number of rotatable bonds is 54. The Bertz CT molecular complexity index is 2130. The lowest BCUT2D eigenvalue weighted by molar-refractivity contribution is -0.166. The molecule has 0 aromatic heterocycles. The van der Waals surface area contributed by atoms with Crippen molar-refractivity contribution in [2.45, 2.75) is 219 Å². The molecular weight excluding hydrogens is 1020 g/mol. The summed E-state index contributed by atoms with van der Waals surface area (Å²) in [6.07, 6.45) is 108. The van der Waals surface area contributed by atoms with E-state index >= 15 is 0 Å². The fourth-order valence-corrected chi connectivity index (χ4v) is 7.52. The summed E-state index contributed by atoms with van der Waals surface area (Å²) in [7, 11) is 0. The van der Waals surface area contributed by atoms with Gasteiger partial charge in [-0.1, -0.05) is 265 Å². The van der Waals surface area contributed by atoms with E-state index < -0.39 is 12.1 Å². The summed E-state index contributed by atoms with van der Waals surface area (Å²) < 4.78 is 16.7. The van der Waals surface area contributed by atoms with Crippen molar-refractivity contribution in [2.24, 2.45) is 0 Å². The van der Waals surface area contributed by atoms with Crippen molar-refractivity contribution in [3.05, 3.63) is 231 Å². The Morgan fingerprint density at radius 3 is 0.771 bits per heavy atom. The molecule has 0 radical (unpaired) electrons. The van der Waals surface area contributed by atoms with E-state index in [-0.39, 0.29) is 44.4 Å². The smallest absolute Gasteiger partial charge is 0.306 e. The van der Waals surface area contributed by atoms with Crippen LogP contribution < -0.4 is 0 Å². The van der Waals surface area contributed by atoms with E-state index in [9.17, 15) is 14.4 Å². The third-order valence-electron chi connectivity index (χ3n) is 12.2. The van der Waals surface area contributed by atoms with E-state index in [0.717, 1.165) is 161 Å². The molecule has 0 N–H and O–H groups in total. The van der Waals surface area contributed by atoms with Crippen molar-refractivity contribution in [2.75, 3.05) is 13.2 Å². The second kappa shape index (κ2) is 68.0. The van der Waals surface area contributed by atoms with Gasteiger partial charge >= 0.3 is 17.9 Å². The van der Waals surface area contributed by atoms with E-state index in [4.69, 9.17) is 14.2 Å². The standard InChI is InChI=1S/C77H112O6/c1-4-7-10-13-16-19-22-25-27-29-31-33-35-36-37-38-39-40-42-43-45-47-49-52-55-58-61-64-67-70-76(79)82-73-74(72-81-75(78)69-66-63-60-57-54-51-24-21-18-15-12-9-6-3)83-77(80)71-68-65-62-59-56-53-50-48-46-44-41-34-32-30-28-26-23-20-17-14-11-8-5-2/h7-12,16-21,25-28,31-34,36-37,39-40,43-46,49-54,59-60,62-63,74H,4-6,13-15,22-24,29-30,35,38,41-42,47-48,55-58,61,64-73H2,1-3H3/b10-7-,11-8-,12-9-,19-16-,20-17-,21-18-,27-25-,28-26-,33-31-,34-32-,37-36-,40-39-,45-43-,46-44-,52-49-,53-50-,54-51-,62-59-,63-60-. The number of carbonyl (C=O) groups is 3. The Morgan fingerprint density at radius 2 is 0.470 bits per heavy atom. The topological polar surface area (TPSA) is 78.9 Å². The van der Waals surface area contributed by atoms with Crippen LogP contribution in [0, 0.1) is 0 Å². The van der Waals surface area contributed by atoms with E-state index in [1.165, 1.54) is 0 Å². The second-order valence-corrected chi connectivity index (χ2v) is 19.8. The first-order chi connectivity index (χ1) is 41.0. The molecule has 0 aromatic rings. The van der Waals surface area contributed by atoms with E-state index in [0.29, 0.717) is 12.8 Å². The molecule has 0 saturated heterocycles. The van der Waals surface area contributed by atoms with Crippen LogP contribution in [-0.4, -0.2) is 37.2 Å². The van der Waals surface area contributed by atoms with Crippen LogP contribution in [0.2, 0.25) is 0 Å². The van der Waals surface area contributed by atoms with Gasteiger partial charge in [-0.05, 0) is 161 Å². The number of allylic oxidation sites excluding steroid dienone is 38. The third-order valence-corrected chi connectivity index (χ3v) is 12.2. The van der Waals surface area contributed by atoms with E-state index in [1.54, 1.807) is 0 Å². The Kier molecular flexibility index (Phi) is 62.6. The second-order valence-electron chi connectivity index (χ2n) is 19.8. The first-order valence-corrected chi connectivity index (χ1v) is 31.9. The molecule has 0 spiro atoms. The van der Waals surface area contributed by atoms with Gasteiger partial charge in [0, 0.05) is 19.3 Å². The predicted molar refractivity (Wildman–Crippen MR) is 361 cm³/mol. The minimum absolute atomic E-state index is 0.152. The summed E-state index contributed by atoms with van der Waals surface area (Å²) in [5.74, 6) is -1.14. The molecule has 6 heteroatoms. The van der Waals surface area contributed by atoms with Gasteiger partial charge in [-0.15, -0.1) is 0 Å². The van der Waals surface area contributed by atoms with Crippen LogP contribution in [0.4, 0.5) is 0 Å². The molecule has 1 atom stereocenters. The number of hydrogen-bond donors (Lipinski definition) is 0. The van der Waals surface area contributed by atoms with Gasteiger partial charge in [-0.3, -0.25) is 14.4 Å². The van der Waals surface area contributed by atoms with Gasteiger partial charge < -0.3 is 14.2 Å². The van der Waals surface area contributed by atoms with Crippen LogP contribution in [0.5, 0.6) is 0 Å². The number of hydrogen-bond acceptors (Lipinski definition) is 6. The maximum absolute atomic E-state index is 12.9. The summed E-state index contributed by atoms with van der Waals surface area (Å²) in [5, 5.41) is 0. The summed E-state index contributed by atoms with van der Waals surface area (Å²) >= 11 is 0. The van der Waals surface area contributed by atoms with Gasteiger partial charge in [0.2, 0.25) is 0 Å². The van der Waals surface area contributed by atoms with Crippen molar-refractivity contribution >= 4 is 17.9 Å². The first-order valence-electron chi connectivity index (χ1n) is 31.9. The predicted octanol–water partition coefficient (Wildman–Crippen LogP) is 22.3. The zero-order chi connectivity index (χ0) is 59.9. The van der Waals surface area contributed by atoms with E-state index in [2.05, 4.69) is 240 Å². The number of esters is 3. The average molecular weight is 1130 g/mol. The molecule has 0 aromatic carbocycles. The normalized spacial score (nSPS) is 13.7. The lowest BCUT2D eigenvalue weighted by Gasteiger charge is -2.18. The minimum atomic E-state index is -0.866. The lowest BCUT2D eigenvalue weighted by atomic mass is 10.1. The zero-order valence-electron chi connectivity index (χ0n) is 52.1. The lowest BCUT2D eigenvalue weighted by Crippen LogP contribution is -2.30. The fraction of sp³-hybridized carbons (Fsp3) is 0.468. The maximum Gasteiger partial charge on any atom is 0.306 e. The van der Waals surface area contributed by atoms with Crippen molar-refractivity contribution in [3.63, 3.8) is 0 Å². The van der Waals surface area contributed by atoms with Gasteiger partial charge in [-0.2, -0.15) is 0 Å². The number of carbonyl (C=O) groups excluding carboxylic acids is 3. The molecule has 0 amide bonds. The highest BCUT2D eigenvalue weighted by molar-refractivity contribution is 5.71. The number of ether oxygens (including phenoxy) is 3. The minimum Gasteiger partial charge on any atom is -0.462 e. The van der Waals surface area contributed by atoms with Crippen LogP contribution in [0.1, 0.15) is 213 Å². The summed E-state index contributed by atoms with van der Waals surface area (Å²) in [4.78, 5) is 38.2. The average Bonchev–Trinajstić information content (AvgIpc) is 3.49. The third kappa shape index (κ3) is 66.2. The summed E-state index contributed by atoms with van der Waals surface area (Å²) in [5.41, 5.74) is 0. The molecule has 0 aliphatic heterocycles. The van der Waals surface area contributed by atoms with Gasteiger partial charge in [0.25, 0.3) is 0 Å². The summed E-state index contributed by atoms with van der Waals surface area (Å²) in [6.45, 7) is 6.13. The van der Waals surface area contributed by atoms with Crippen molar-refractivity contribution < 1.29 is 28.6 Å². The highest BCUT2D eigenvalue weighted by Gasteiger charge is 2.19. The molecule has 6 nitrogen and oxygen atoms in total. The van der Waals surface area contributed by atoms with Crippen LogP contribution in [0.3, 0.4) is 0 Å². The van der Waals surface area contributed by atoms with E-state index in [1.807, 2.05) is 12.2 Å². The molecular formula is C77H112O6. The molecule has 0 saturated carbocycles. The Labute approximate surface area is 507 Å². The molecule has 0 aliphatic rings. The van der Waals surface area contributed by atoms with Crippen LogP contribution >= 0.6 is 0 Å². The van der Waals surface area contributed by atoms with Crippen molar-refractivity contribution in [1.82, 2.24) is 0 Å². The Morgan fingerprint density at radius 1 is 0.241 bits per heavy atom. The SMILES string of the molecule is CC/C=C\C/C=C\C/C=C\C/C=C\C/C=C\C/C=C\C/C=C\C/C=C\CCCCCCC(=O)OCC(COC(=O)CC/C=C\C/C=C\C/C=C\C/C=C\CC)OC(=O)CCC/C=C\C/C=C\C/C=C\C/C=C\C/C=C\C/C=C\C/C=C\CC. The van der Waals surface area contributed by atoms with Gasteiger partial charge in [-0.25, -0.2) is 0 Å².